The van der Waals surface area contributed by atoms with E-state index in [0.29, 0.717) is 0 Å². The summed E-state index contributed by atoms with van der Waals surface area (Å²) in [7, 11) is -1.90. The van der Waals surface area contributed by atoms with Crippen molar-refractivity contribution in [3.8, 4) is 0 Å². The molecule has 0 saturated heterocycles. The van der Waals surface area contributed by atoms with Crippen LogP contribution in [0, 0.1) is 42.5 Å². The van der Waals surface area contributed by atoms with Crippen LogP contribution < -0.4 is 15.8 Å². The van der Waals surface area contributed by atoms with Crippen LogP contribution in [0.25, 0.3) is 0 Å². The van der Waals surface area contributed by atoms with Gasteiger partial charge < -0.3 is 14.9 Å². The Balaban J connectivity index is 0.00000261. The van der Waals surface area contributed by atoms with Gasteiger partial charge >= 0.3 is 21.7 Å². The fourth-order valence-electron chi connectivity index (χ4n) is 4.26. The molecule has 0 nitrogen and oxygen atoms in total. The molecule has 29 heavy (non-hydrogen) atoms. The van der Waals surface area contributed by atoms with Crippen molar-refractivity contribution in [2.24, 2.45) is 0 Å². The molecule has 0 saturated carbocycles. The molecule has 0 aliphatic heterocycles. The fourth-order valence-corrected chi connectivity index (χ4v) is 13.3. The Morgan fingerprint density at radius 3 is 1.38 bits per heavy atom. The van der Waals surface area contributed by atoms with Crippen LogP contribution in [0.15, 0.2) is 60.7 Å². The zero-order valence-electron chi connectivity index (χ0n) is 19.4. The Bertz CT molecular complexity index is 817. The SMILES string of the molecule is Cc1c(C)c(C)[c-]([Si](C)(C)CP(c2ccccc2)c2ccccc2)c1C.[CH3-].[CH3-].[Ti+3]. The van der Waals surface area contributed by atoms with E-state index >= 15 is 0 Å². The predicted molar refractivity (Wildman–Crippen MR) is 135 cm³/mol. The van der Waals surface area contributed by atoms with Crippen LogP contribution in [-0.2, 0) is 21.7 Å². The van der Waals surface area contributed by atoms with Gasteiger partial charge in [0.25, 0.3) is 0 Å². The van der Waals surface area contributed by atoms with Gasteiger partial charge in [-0.25, -0.2) is 0 Å². The molecule has 0 aromatic heterocycles. The van der Waals surface area contributed by atoms with Gasteiger partial charge in [0.2, 0.25) is 0 Å². The first-order valence-corrected chi connectivity index (χ1v) is 14.2. The molecule has 1 radical (unpaired) electrons. The van der Waals surface area contributed by atoms with Gasteiger partial charge in [0.05, 0.1) is 0 Å². The van der Waals surface area contributed by atoms with Crippen LogP contribution in [0.5, 0.6) is 0 Å². The summed E-state index contributed by atoms with van der Waals surface area (Å²) in [6.45, 7) is 14.4. The molecule has 3 aromatic rings. The van der Waals surface area contributed by atoms with Gasteiger partial charge in [0, 0.05) is 8.07 Å². The third kappa shape index (κ3) is 5.86. The number of hydrogen-bond donors (Lipinski definition) is 0. The van der Waals surface area contributed by atoms with Crippen molar-refractivity contribution in [2.75, 3.05) is 5.79 Å². The Kier molecular flexibility index (Phi) is 11.2. The second-order valence-electron chi connectivity index (χ2n) is 8.02. The van der Waals surface area contributed by atoms with Crippen LogP contribution >= 0.6 is 7.92 Å². The Labute approximate surface area is 197 Å². The van der Waals surface area contributed by atoms with E-state index in [1.54, 1.807) is 16.3 Å². The summed E-state index contributed by atoms with van der Waals surface area (Å²) in [5.74, 6) is 1.31. The molecule has 3 rings (SSSR count). The minimum atomic E-state index is -1.58. The summed E-state index contributed by atoms with van der Waals surface area (Å²) >= 11 is 0. The normalized spacial score (nSPS) is 10.7. The average molecular weight is 456 g/mol. The summed E-state index contributed by atoms with van der Waals surface area (Å²) in [6.07, 6.45) is 0. The zero-order chi connectivity index (χ0) is 18.9. The monoisotopic (exact) mass is 455 g/mol. The van der Waals surface area contributed by atoms with E-state index in [2.05, 4.69) is 101 Å². The molecule has 3 heteroatoms. The van der Waals surface area contributed by atoms with Gasteiger partial charge in [-0.2, -0.15) is 27.4 Å². The Morgan fingerprint density at radius 2 is 1.03 bits per heavy atom. The molecule has 0 aliphatic carbocycles. The van der Waals surface area contributed by atoms with Crippen LogP contribution in [0.1, 0.15) is 22.3 Å². The molecule has 0 N–H and O–H groups in total. The van der Waals surface area contributed by atoms with Crippen LogP contribution in [-0.4, -0.2) is 13.9 Å². The van der Waals surface area contributed by atoms with Crippen molar-refractivity contribution in [2.45, 2.75) is 40.8 Å². The van der Waals surface area contributed by atoms with Crippen molar-refractivity contribution < 1.29 is 21.7 Å². The van der Waals surface area contributed by atoms with E-state index in [0.717, 1.165) is 0 Å². The summed E-state index contributed by atoms with van der Waals surface area (Å²) in [4.78, 5) is 0. The van der Waals surface area contributed by atoms with Crippen molar-refractivity contribution in [3.63, 3.8) is 0 Å². The molecule has 0 aliphatic rings. The molecule has 153 valence electrons. The summed E-state index contributed by atoms with van der Waals surface area (Å²) in [6, 6.07) is 22.3. The molecular formula is C26H36PSiTi. The second-order valence-corrected chi connectivity index (χ2v) is 15.4. The van der Waals surface area contributed by atoms with Gasteiger partial charge in [-0.1, -0.05) is 101 Å². The summed E-state index contributed by atoms with van der Waals surface area (Å²) in [5.41, 5.74) is 6.10. The molecule has 0 unspecified atom stereocenters. The number of rotatable bonds is 5. The fraction of sp³-hybridized carbons (Fsp3) is 0.269. The summed E-state index contributed by atoms with van der Waals surface area (Å²) in [5, 5.41) is 4.71. The average Bonchev–Trinajstić information content (AvgIpc) is 2.85. The van der Waals surface area contributed by atoms with Gasteiger partial charge in [0.15, 0.2) is 0 Å². The molecule has 0 heterocycles. The van der Waals surface area contributed by atoms with Crippen LogP contribution in [0.4, 0.5) is 0 Å². The molecule has 0 spiro atoms. The first-order valence-electron chi connectivity index (χ1n) is 9.44. The smallest absolute Gasteiger partial charge is 0.358 e. The summed E-state index contributed by atoms with van der Waals surface area (Å²) < 4.78 is 0. The first kappa shape index (κ1) is 28.2. The predicted octanol–water partition coefficient (Wildman–Crippen LogP) is 6.12. The van der Waals surface area contributed by atoms with E-state index in [4.69, 9.17) is 0 Å². The van der Waals surface area contributed by atoms with Crippen LogP contribution in [0.3, 0.4) is 0 Å². The van der Waals surface area contributed by atoms with Crippen molar-refractivity contribution >= 4 is 31.8 Å². The first-order chi connectivity index (χ1) is 12.3. The maximum atomic E-state index is 2.57. The van der Waals surface area contributed by atoms with Crippen molar-refractivity contribution in [3.05, 3.63) is 97.8 Å². The Hall–Kier alpha value is -0.849. The van der Waals surface area contributed by atoms with Gasteiger partial charge in [-0.15, -0.1) is 0 Å². The maximum Gasteiger partial charge on any atom is 3.00 e. The van der Waals surface area contributed by atoms with Gasteiger partial charge in [0.1, 0.15) is 0 Å². The van der Waals surface area contributed by atoms with E-state index in [9.17, 15) is 0 Å². The maximum absolute atomic E-state index is 2.57. The topological polar surface area (TPSA) is 0 Å². The second kappa shape index (κ2) is 11.5. The third-order valence-corrected chi connectivity index (χ3v) is 14.2. The molecule has 0 atom stereocenters. The van der Waals surface area contributed by atoms with Crippen molar-refractivity contribution in [1.82, 2.24) is 0 Å². The molecular weight excluding hydrogens is 419 g/mol. The number of hydrogen-bond acceptors (Lipinski definition) is 0. The van der Waals surface area contributed by atoms with E-state index in [-0.39, 0.29) is 44.5 Å². The molecule has 0 amide bonds. The largest absolute Gasteiger partial charge is 3.00 e. The Morgan fingerprint density at radius 1 is 0.690 bits per heavy atom. The van der Waals surface area contributed by atoms with Gasteiger partial charge in [-0.05, 0) is 24.3 Å². The van der Waals surface area contributed by atoms with Gasteiger partial charge in [-0.3, -0.25) is 0 Å². The van der Waals surface area contributed by atoms with E-state index in [1.807, 2.05) is 0 Å². The minimum absolute atomic E-state index is 0. The van der Waals surface area contributed by atoms with E-state index in [1.165, 1.54) is 27.5 Å². The minimum Gasteiger partial charge on any atom is -0.358 e. The van der Waals surface area contributed by atoms with Crippen molar-refractivity contribution in [1.29, 1.82) is 0 Å². The standard InChI is InChI=1S/C24H30PSi.2CH3.Ti/c1-18-19(2)21(4)24(20(18)3)26(5,6)17-25(22-13-9-7-10-14-22)23-15-11-8-12-16-23;;;/h7-16H,17H2,1-6H3;2*1H3;/q3*-1;+3. The zero-order valence-corrected chi connectivity index (χ0v) is 22.9. The molecule has 0 bridgehead atoms. The number of benzene rings is 2. The molecule has 3 aromatic carbocycles. The quantitative estimate of drug-likeness (QED) is 0.247. The third-order valence-electron chi connectivity index (χ3n) is 5.80. The molecule has 0 fully saturated rings. The van der Waals surface area contributed by atoms with E-state index < -0.39 is 8.07 Å². The van der Waals surface area contributed by atoms with Crippen LogP contribution in [0.2, 0.25) is 13.1 Å².